The van der Waals surface area contributed by atoms with Crippen LogP contribution in [0.5, 0.6) is 11.8 Å². The van der Waals surface area contributed by atoms with Gasteiger partial charge in [-0.25, -0.2) is 0 Å². The number of hydrogen-bond acceptors (Lipinski definition) is 8. The Bertz CT molecular complexity index is 1260. The van der Waals surface area contributed by atoms with Crippen molar-refractivity contribution in [3.8, 4) is 11.8 Å². The maximum atomic E-state index is 12.8. The van der Waals surface area contributed by atoms with Crippen molar-refractivity contribution in [2.45, 2.75) is 44.9 Å². The molecule has 0 saturated heterocycles. The molecule has 0 amide bonds. The van der Waals surface area contributed by atoms with Crippen molar-refractivity contribution >= 4 is 23.0 Å². The van der Waals surface area contributed by atoms with Crippen LogP contribution in [0.1, 0.15) is 37.8 Å². The second-order valence-corrected chi connectivity index (χ2v) is 10.2. The van der Waals surface area contributed by atoms with Crippen molar-refractivity contribution in [2.24, 2.45) is 0 Å². The number of ether oxygens (including phenoxy) is 2. The molecule has 4 aliphatic rings. The molecule has 0 saturated carbocycles. The number of nitrogens with zero attached hydrogens (tertiary/aromatic N) is 2. The van der Waals surface area contributed by atoms with Crippen LogP contribution in [0.15, 0.2) is 61.2 Å². The van der Waals surface area contributed by atoms with Crippen LogP contribution >= 0.6 is 0 Å². The molecular formula is C29H35F3N6O2. The predicted octanol–water partition coefficient (Wildman–Crippen LogP) is 5.87. The van der Waals surface area contributed by atoms with Crippen molar-refractivity contribution in [2.75, 3.05) is 36.9 Å². The quantitative estimate of drug-likeness (QED) is 0.311. The third-order valence-corrected chi connectivity index (χ3v) is 6.26. The van der Waals surface area contributed by atoms with E-state index in [9.17, 15) is 13.2 Å². The van der Waals surface area contributed by atoms with Crippen LogP contribution in [0.3, 0.4) is 0 Å². The normalized spacial score (nSPS) is 16.6. The molecule has 3 aromatic rings. The van der Waals surface area contributed by atoms with Gasteiger partial charge in [0, 0.05) is 36.1 Å². The van der Waals surface area contributed by atoms with Crippen molar-refractivity contribution in [3.63, 3.8) is 0 Å². The summed E-state index contributed by atoms with van der Waals surface area (Å²) < 4.78 is 49.0. The van der Waals surface area contributed by atoms with Crippen LogP contribution in [-0.2, 0) is 6.54 Å². The molecule has 40 heavy (non-hydrogen) atoms. The molecule has 0 aliphatic carbocycles. The second kappa shape index (κ2) is 12.9. The van der Waals surface area contributed by atoms with Crippen LogP contribution in [0.4, 0.5) is 30.5 Å². The molecule has 0 radical (unpaired) electrons. The Morgan fingerprint density at radius 3 is 2.42 bits per heavy atom. The summed E-state index contributed by atoms with van der Waals surface area (Å²) >= 11 is 0. The van der Waals surface area contributed by atoms with Crippen molar-refractivity contribution < 1.29 is 22.6 Å². The Labute approximate surface area is 232 Å². The summed E-state index contributed by atoms with van der Waals surface area (Å²) in [5.74, 6) is 1.36. The summed E-state index contributed by atoms with van der Waals surface area (Å²) in [4.78, 5) is 8.22. The van der Waals surface area contributed by atoms with E-state index in [4.69, 9.17) is 9.47 Å². The van der Waals surface area contributed by atoms with E-state index in [1.54, 1.807) is 6.07 Å². The molecule has 214 valence electrons. The molecule has 11 heteroatoms. The minimum atomic E-state index is -4.51. The molecule has 4 N–H and O–H groups in total. The lowest BCUT2D eigenvalue weighted by atomic mass is 10.0. The van der Waals surface area contributed by atoms with Gasteiger partial charge in [0.05, 0.1) is 6.61 Å². The van der Waals surface area contributed by atoms with E-state index in [1.165, 1.54) is 0 Å². The number of nitrogens with one attached hydrogen (secondary N) is 4. The topological polar surface area (TPSA) is 92.4 Å². The number of hydrogen-bond donors (Lipinski definition) is 4. The maximum absolute atomic E-state index is 12.8. The number of halogens is 3. The third-order valence-electron chi connectivity index (χ3n) is 6.26. The Morgan fingerprint density at radius 1 is 0.975 bits per heavy atom. The number of alkyl halides is 3. The third kappa shape index (κ3) is 9.33. The lowest BCUT2D eigenvalue weighted by molar-refractivity contribution is -0.154. The van der Waals surface area contributed by atoms with Crippen LogP contribution in [0.25, 0.3) is 5.70 Å². The molecular weight excluding hydrogens is 521 g/mol. The average molecular weight is 557 g/mol. The van der Waals surface area contributed by atoms with Crippen LogP contribution in [-0.4, -0.2) is 48.0 Å². The molecule has 1 aromatic heterocycles. The van der Waals surface area contributed by atoms with Gasteiger partial charge in [0.2, 0.25) is 0 Å². The fraction of sp³-hybridized carbons (Fsp3) is 0.379. The standard InChI is InChI=1S/C29H35F3N6O2/c1-20-22-7-9-23(10-8-22)36-26-17-25(37-27(38-26)40-19-29(30,31)32)34-18-21-5-11-24(12-6-21)39-16-4-14-35-28(2,3)13-15-33-20/h5-12,17,33,35H,1,4,13-16,18-19H2,2-3H3,(H2,34,36,37,38). The summed E-state index contributed by atoms with van der Waals surface area (Å²) in [5, 5.41) is 13.2. The van der Waals surface area contributed by atoms with Gasteiger partial charge in [-0.2, -0.15) is 23.1 Å². The molecule has 7 rings (SSSR count). The van der Waals surface area contributed by atoms with E-state index in [0.29, 0.717) is 24.7 Å². The highest BCUT2D eigenvalue weighted by Crippen LogP contribution is 2.24. The van der Waals surface area contributed by atoms with Crippen molar-refractivity contribution in [1.82, 2.24) is 20.6 Å². The summed E-state index contributed by atoms with van der Waals surface area (Å²) in [7, 11) is 0. The van der Waals surface area contributed by atoms with E-state index >= 15 is 0 Å². The largest absolute Gasteiger partial charge is 0.494 e. The lowest BCUT2D eigenvalue weighted by Crippen LogP contribution is -2.42. The fourth-order valence-electron chi connectivity index (χ4n) is 3.99. The Kier molecular flexibility index (Phi) is 9.36. The van der Waals surface area contributed by atoms with E-state index in [0.717, 1.165) is 48.5 Å². The zero-order valence-electron chi connectivity index (χ0n) is 22.7. The summed E-state index contributed by atoms with van der Waals surface area (Å²) in [5.41, 5.74) is 3.31. The van der Waals surface area contributed by atoms with Gasteiger partial charge in [-0.1, -0.05) is 30.8 Å². The Morgan fingerprint density at radius 2 is 1.70 bits per heavy atom. The first-order chi connectivity index (χ1) is 19.0. The summed E-state index contributed by atoms with van der Waals surface area (Å²) in [6.07, 6.45) is -2.75. The van der Waals surface area contributed by atoms with Gasteiger partial charge >= 0.3 is 12.2 Å². The smallest absolute Gasteiger partial charge is 0.422 e. The highest BCUT2D eigenvalue weighted by Gasteiger charge is 2.29. The van der Waals surface area contributed by atoms with Crippen molar-refractivity contribution in [3.05, 3.63) is 72.3 Å². The van der Waals surface area contributed by atoms with Gasteiger partial charge in [-0.15, -0.1) is 0 Å². The molecule has 0 spiro atoms. The molecule has 8 nitrogen and oxygen atoms in total. The van der Waals surface area contributed by atoms with Crippen molar-refractivity contribution in [1.29, 1.82) is 0 Å². The zero-order valence-corrected chi connectivity index (χ0v) is 22.7. The molecule has 5 heterocycles. The first kappa shape index (κ1) is 29.0. The minimum absolute atomic E-state index is 0.0530. The maximum Gasteiger partial charge on any atom is 0.422 e. The number of aromatic nitrogens is 2. The molecule has 0 unspecified atom stereocenters. The minimum Gasteiger partial charge on any atom is -0.494 e. The molecule has 0 atom stereocenters. The summed E-state index contributed by atoms with van der Waals surface area (Å²) in [6.45, 7) is 9.56. The first-order valence-corrected chi connectivity index (χ1v) is 13.1. The van der Waals surface area contributed by atoms with E-state index in [-0.39, 0.29) is 17.4 Å². The predicted molar refractivity (Wildman–Crippen MR) is 151 cm³/mol. The Hall–Kier alpha value is -3.99. The number of rotatable bonds is 2. The van der Waals surface area contributed by atoms with Gasteiger partial charge in [-0.3, -0.25) is 0 Å². The van der Waals surface area contributed by atoms with Gasteiger partial charge in [0.25, 0.3) is 0 Å². The first-order valence-electron chi connectivity index (χ1n) is 13.1. The highest BCUT2D eigenvalue weighted by atomic mass is 19.4. The fourth-order valence-corrected chi connectivity index (χ4v) is 3.99. The van der Waals surface area contributed by atoms with E-state index < -0.39 is 12.8 Å². The van der Waals surface area contributed by atoms with Gasteiger partial charge in [0.15, 0.2) is 6.61 Å². The van der Waals surface area contributed by atoms with E-state index in [2.05, 4.69) is 51.7 Å². The zero-order chi connectivity index (χ0) is 28.6. The summed E-state index contributed by atoms with van der Waals surface area (Å²) in [6, 6.07) is 16.4. The van der Waals surface area contributed by atoms with Gasteiger partial charge in [-0.05, 0) is 68.6 Å². The number of benzene rings is 2. The van der Waals surface area contributed by atoms with Gasteiger partial charge < -0.3 is 30.7 Å². The van der Waals surface area contributed by atoms with Crippen LogP contribution in [0, 0.1) is 0 Å². The molecule has 0 fully saturated rings. The highest BCUT2D eigenvalue weighted by molar-refractivity contribution is 5.66. The van der Waals surface area contributed by atoms with Gasteiger partial charge in [0.1, 0.15) is 17.4 Å². The average Bonchev–Trinajstić information content (AvgIpc) is 2.90. The Balaban J connectivity index is 1.55. The van der Waals surface area contributed by atoms with Crippen LogP contribution < -0.4 is 30.7 Å². The lowest BCUT2D eigenvalue weighted by Gasteiger charge is -2.27. The second-order valence-electron chi connectivity index (χ2n) is 10.2. The number of anilines is 3. The molecule has 4 aliphatic heterocycles. The molecule has 6 bridgehead atoms. The van der Waals surface area contributed by atoms with Crippen LogP contribution in [0.2, 0.25) is 0 Å². The SMILES string of the molecule is C=C1NCCC(C)(C)NCCCOc2ccc(cc2)CNc2cc(nc(OCC(F)(F)F)n2)Nc2ccc1cc2. The van der Waals surface area contributed by atoms with E-state index in [1.807, 2.05) is 48.5 Å². The molecule has 2 aromatic carbocycles. The monoisotopic (exact) mass is 556 g/mol.